The zero-order valence-electron chi connectivity index (χ0n) is 11.0. The first-order chi connectivity index (χ1) is 9.60. The SMILES string of the molecule is COc1ccc(CNc2ccc(N)cc2C(=O)O)cn1. The molecule has 20 heavy (non-hydrogen) atoms. The molecule has 0 spiro atoms. The first-order valence-corrected chi connectivity index (χ1v) is 5.96. The Hall–Kier alpha value is -2.76. The molecule has 1 aromatic heterocycles. The predicted octanol–water partition coefficient (Wildman–Crippen LogP) is 1.98. The Kier molecular flexibility index (Phi) is 4.05. The topological polar surface area (TPSA) is 97.5 Å². The molecule has 0 saturated heterocycles. The molecule has 1 heterocycles. The monoisotopic (exact) mass is 273 g/mol. The van der Waals surface area contributed by atoms with Crippen molar-refractivity contribution in [3.05, 3.63) is 47.7 Å². The Morgan fingerprint density at radius 2 is 2.20 bits per heavy atom. The maximum atomic E-state index is 11.1. The molecule has 6 nitrogen and oxygen atoms in total. The maximum absolute atomic E-state index is 11.1. The van der Waals surface area contributed by atoms with E-state index < -0.39 is 5.97 Å². The molecule has 2 rings (SSSR count). The van der Waals surface area contributed by atoms with Crippen LogP contribution >= 0.6 is 0 Å². The second-order valence-corrected chi connectivity index (χ2v) is 4.17. The van der Waals surface area contributed by atoms with E-state index in [1.165, 1.54) is 6.07 Å². The van der Waals surface area contributed by atoms with Crippen LogP contribution in [0.3, 0.4) is 0 Å². The Balaban J connectivity index is 2.12. The number of carboxylic acids is 1. The second kappa shape index (κ2) is 5.92. The van der Waals surface area contributed by atoms with Crippen LogP contribution in [0.1, 0.15) is 15.9 Å². The number of benzene rings is 1. The van der Waals surface area contributed by atoms with Crippen LogP contribution in [0, 0.1) is 0 Å². The molecule has 4 N–H and O–H groups in total. The third-order valence-corrected chi connectivity index (χ3v) is 2.76. The highest BCUT2D eigenvalue weighted by molar-refractivity contribution is 5.95. The molecule has 0 amide bonds. The molecule has 0 aliphatic carbocycles. The van der Waals surface area contributed by atoms with Crippen LogP contribution < -0.4 is 15.8 Å². The van der Waals surface area contributed by atoms with E-state index in [2.05, 4.69) is 10.3 Å². The number of nitrogen functional groups attached to an aromatic ring is 1. The van der Waals surface area contributed by atoms with Crippen molar-refractivity contribution in [3.8, 4) is 5.88 Å². The number of aromatic carboxylic acids is 1. The van der Waals surface area contributed by atoms with Gasteiger partial charge in [-0.2, -0.15) is 0 Å². The molecule has 0 aliphatic heterocycles. The van der Waals surface area contributed by atoms with Crippen LogP contribution in [0.2, 0.25) is 0 Å². The van der Waals surface area contributed by atoms with Gasteiger partial charge in [0.2, 0.25) is 5.88 Å². The standard InChI is InChI=1S/C14H15N3O3/c1-20-13-5-2-9(8-17-13)7-16-12-4-3-10(15)6-11(12)14(18)19/h2-6,8,16H,7,15H2,1H3,(H,18,19). The van der Waals surface area contributed by atoms with Gasteiger partial charge >= 0.3 is 5.97 Å². The highest BCUT2D eigenvalue weighted by Crippen LogP contribution is 2.20. The number of nitrogens with two attached hydrogens (primary N) is 1. The minimum atomic E-state index is -1.02. The molecule has 104 valence electrons. The Labute approximate surface area is 116 Å². The number of pyridine rings is 1. The zero-order valence-corrected chi connectivity index (χ0v) is 11.0. The van der Waals surface area contributed by atoms with Crippen molar-refractivity contribution in [3.63, 3.8) is 0 Å². The van der Waals surface area contributed by atoms with Crippen LogP contribution in [0.15, 0.2) is 36.5 Å². The minimum Gasteiger partial charge on any atom is -0.481 e. The van der Waals surface area contributed by atoms with Crippen LogP contribution in [0.4, 0.5) is 11.4 Å². The molecule has 0 atom stereocenters. The Morgan fingerprint density at radius 1 is 1.40 bits per heavy atom. The van der Waals surface area contributed by atoms with Gasteiger partial charge in [0.05, 0.1) is 12.7 Å². The molecule has 0 unspecified atom stereocenters. The van der Waals surface area contributed by atoms with Gasteiger partial charge in [-0.3, -0.25) is 0 Å². The van der Waals surface area contributed by atoms with Crippen molar-refractivity contribution in [1.29, 1.82) is 0 Å². The smallest absolute Gasteiger partial charge is 0.337 e. The summed E-state index contributed by atoms with van der Waals surface area (Å²) >= 11 is 0. The van der Waals surface area contributed by atoms with E-state index in [4.69, 9.17) is 15.6 Å². The lowest BCUT2D eigenvalue weighted by Gasteiger charge is -2.10. The van der Waals surface area contributed by atoms with Crippen LogP contribution in [-0.4, -0.2) is 23.2 Å². The van der Waals surface area contributed by atoms with Crippen LogP contribution in [0.5, 0.6) is 5.88 Å². The molecule has 0 fully saturated rings. The lowest BCUT2D eigenvalue weighted by atomic mass is 10.1. The van der Waals surface area contributed by atoms with Crippen LogP contribution in [-0.2, 0) is 6.54 Å². The predicted molar refractivity (Wildman–Crippen MR) is 75.9 cm³/mol. The number of anilines is 2. The number of hydrogen-bond donors (Lipinski definition) is 3. The van der Waals surface area contributed by atoms with Gasteiger partial charge in [0.15, 0.2) is 0 Å². The summed E-state index contributed by atoms with van der Waals surface area (Å²) in [5.74, 6) is -0.486. The number of methoxy groups -OCH3 is 1. The van der Waals surface area contributed by atoms with Gasteiger partial charge in [0.25, 0.3) is 0 Å². The largest absolute Gasteiger partial charge is 0.481 e. The lowest BCUT2D eigenvalue weighted by molar-refractivity contribution is 0.0698. The molecule has 0 saturated carbocycles. The minimum absolute atomic E-state index is 0.145. The molecular weight excluding hydrogens is 258 g/mol. The molecular formula is C14H15N3O3. The summed E-state index contributed by atoms with van der Waals surface area (Å²) in [6.45, 7) is 0.460. The van der Waals surface area contributed by atoms with Crippen molar-refractivity contribution < 1.29 is 14.6 Å². The fraction of sp³-hybridized carbons (Fsp3) is 0.143. The van der Waals surface area contributed by atoms with Crippen molar-refractivity contribution in [2.24, 2.45) is 0 Å². The van der Waals surface area contributed by atoms with Crippen molar-refractivity contribution in [2.45, 2.75) is 6.54 Å². The highest BCUT2D eigenvalue weighted by Gasteiger charge is 2.10. The van der Waals surface area contributed by atoms with Gasteiger partial charge in [0, 0.05) is 30.2 Å². The summed E-state index contributed by atoms with van der Waals surface area (Å²) in [6, 6.07) is 8.34. The van der Waals surface area contributed by atoms with E-state index in [0.29, 0.717) is 23.8 Å². The number of rotatable bonds is 5. The first-order valence-electron chi connectivity index (χ1n) is 5.96. The molecule has 2 aromatic rings. The quantitative estimate of drug-likeness (QED) is 0.721. The van der Waals surface area contributed by atoms with Gasteiger partial charge in [-0.25, -0.2) is 9.78 Å². The third kappa shape index (κ3) is 3.17. The maximum Gasteiger partial charge on any atom is 0.337 e. The van der Waals surface area contributed by atoms with Gasteiger partial charge in [0.1, 0.15) is 0 Å². The Morgan fingerprint density at radius 3 is 2.80 bits per heavy atom. The molecule has 6 heteroatoms. The van der Waals surface area contributed by atoms with E-state index in [9.17, 15) is 4.79 Å². The summed E-state index contributed by atoms with van der Waals surface area (Å²) in [5.41, 5.74) is 7.58. The fourth-order valence-electron chi connectivity index (χ4n) is 1.73. The number of ether oxygens (including phenoxy) is 1. The summed E-state index contributed by atoms with van der Waals surface area (Å²) in [7, 11) is 1.55. The van der Waals surface area contributed by atoms with Gasteiger partial charge < -0.3 is 20.9 Å². The summed E-state index contributed by atoms with van der Waals surface area (Å²) in [4.78, 5) is 15.2. The normalized spacial score (nSPS) is 10.1. The summed E-state index contributed by atoms with van der Waals surface area (Å²) < 4.78 is 4.97. The lowest BCUT2D eigenvalue weighted by Crippen LogP contribution is -2.07. The number of carbonyl (C=O) groups is 1. The van der Waals surface area contributed by atoms with E-state index in [-0.39, 0.29) is 5.56 Å². The average Bonchev–Trinajstić information content (AvgIpc) is 2.46. The van der Waals surface area contributed by atoms with E-state index in [1.807, 2.05) is 6.07 Å². The van der Waals surface area contributed by atoms with E-state index in [1.54, 1.807) is 31.5 Å². The first kappa shape index (κ1) is 13.7. The number of nitrogens with zero attached hydrogens (tertiary/aromatic N) is 1. The highest BCUT2D eigenvalue weighted by atomic mass is 16.5. The van der Waals surface area contributed by atoms with E-state index in [0.717, 1.165) is 5.56 Å². The third-order valence-electron chi connectivity index (χ3n) is 2.76. The van der Waals surface area contributed by atoms with Gasteiger partial charge in [-0.1, -0.05) is 6.07 Å². The van der Waals surface area contributed by atoms with E-state index >= 15 is 0 Å². The van der Waals surface area contributed by atoms with Crippen molar-refractivity contribution >= 4 is 17.3 Å². The molecule has 0 bridgehead atoms. The number of carboxylic acid groups (broad SMARTS) is 1. The van der Waals surface area contributed by atoms with Gasteiger partial charge in [-0.15, -0.1) is 0 Å². The zero-order chi connectivity index (χ0) is 14.5. The average molecular weight is 273 g/mol. The molecule has 0 aliphatic rings. The number of hydrogen-bond acceptors (Lipinski definition) is 5. The molecule has 0 radical (unpaired) electrons. The van der Waals surface area contributed by atoms with Gasteiger partial charge in [-0.05, 0) is 23.8 Å². The second-order valence-electron chi connectivity index (χ2n) is 4.17. The summed E-state index contributed by atoms with van der Waals surface area (Å²) in [6.07, 6.45) is 1.67. The Bertz CT molecular complexity index is 612. The number of aromatic nitrogens is 1. The van der Waals surface area contributed by atoms with Crippen LogP contribution in [0.25, 0.3) is 0 Å². The summed E-state index contributed by atoms with van der Waals surface area (Å²) in [5, 5.41) is 12.2. The molecule has 1 aromatic carbocycles. The number of nitrogens with one attached hydrogen (secondary N) is 1. The fourth-order valence-corrected chi connectivity index (χ4v) is 1.73. The van der Waals surface area contributed by atoms with Crippen molar-refractivity contribution in [2.75, 3.05) is 18.2 Å². The van der Waals surface area contributed by atoms with Crippen molar-refractivity contribution in [1.82, 2.24) is 4.98 Å².